The number of nitrogens with zero attached hydrogens (tertiary/aromatic N) is 6. The molecule has 0 aliphatic carbocycles. The van der Waals surface area contributed by atoms with Gasteiger partial charge in [0.15, 0.2) is 5.82 Å². The van der Waals surface area contributed by atoms with E-state index in [0.29, 0.717) is 26.2 Å². The van der Waals surface area contributed by atoms with E-state index in [2.05, 4.69) is 39.2 Å². The van der Waals surface area contributed by atoms with Crippen LogP contribution in [0.4, 0.5) is 10.6 Å². The maximum atomic E-state index is 13.3. The van der Waals surface area contributed by atoms with Crippen molar-refractivity contribution < 1.29 is 14.3 Å². The zero-order valence-electron chi connectivity index (χ0n) is 23.5. The first-order chi connectivity index (χ1) is 18.3. The summed E-state index contributed by atoms with van der Waals surface area (Å²) in [6.07, 6.45) is 0.825. The molecule has 1 aliphatic heterocycles. The molecule has 208 valence electrons. The van der Waals surface area contributed by atoms with Crippen LogP contribution in [0.15, 0.2) is 36.4 Å². The molecule has 1 saturated heterocycles. The maximum absolute atomic E-state index is 13.3. The molecule has 10 nitrogen and oxygen atoms in total. The van der Waals surface area contributed by atoms with Crippen molar-refractivity contribution in [3.05, 3.63) is 36.4 Å². The van der Waals surface area contributed by atoms with Crippen molar-refractivity contribution in [3.63, 3.8) is 0 Å². The number of methoxy groups -OCH3 is 1. The van der Waals surface area contributed by atoms with E-state index in [1.165, 1.54) is 0 Å². The monoisotopic (exact) mass is 525 g/mol. The van der Waals surface area contributed by atoms with Crippen LogP contribution in [0.1, 0.15) is 34.1 Å². The second-order valence-electron chi connectivity index (χ2n) is 9.78. The minimum atomic E-state index is -0.191. The SMILES string of the molecule is CCN(CC)CCN(CC(=O)N1CCCN(c2ccc(-c3ccc(OC)cc3)nn2)CC1)C(=O)NC(C)C. The molecule has 38 heavy (non-hydrogen) atoms. The van der Waals surface area contributed by atoms with E-state index in [4.69, 9.17) is 4.74 Å². The predicted octanol–water partition coefficient (Wildman–Crippen LogP) is 2.95. The number of likely N-dealkylation sites (N-methyl/N-ethyl adjacent to an activating group) is 1. The number of hydrogen-bond donors (Lipinski definition) is 1. The van der Waals surface area contributed by atoms with Crippen molar-refractivity contribution in [1.82, 2.24) is 30.2 Å². The fourth-order valence-corrected chi connectivity index (χ4v) is 4.46. The van der Waals surface area contributed by atoms with Gasteiger partial charge < -0.3 is 29.7 Å². The van der Waals surface area contributed by atoms with Gasteiger partial charge in [0.1, 0.15) is 12.3 Å². The molecule has 1 fully saturated rings. The van der Waals surface area contributed by atoms with Crippen LogP contribution in [0.3, 0.4) is 0 Å². The Morgan fingerprint density at radius 3 is 2.32 bits per heavy atom. The van der Waals surface area contributed by atoms with Crippen molar-refractivity contribution in [2.75, 3.05) is 70.9 Å². The summed E-state index contributed by atoms with van der Waals surface area (Å²) in [5.74, 6) is 1.58. The van der Waals surface area contributed by atoms with Gasteiger partial charge in [0.2, 0.25) is 5.91 Å². The third kappa shape index (κ3) is 8.31. The predicted molar refractivity (Wildman–Crippen MR) is 150 cm³/mol. The van der Waals surface area contributed by atoms with Crippen LogP contribution in [-0.2, 0) is 4.79 Å². The molecule has 3 amide bonds. The molecule has 1 N–H and O–H groups in total. The number of benzene rings is 1. The normalized spacial score (nSPS) is 14.0. The van der Waals surface area contributed by atoms with Crippen LogP contribution >= 0.6 is 0 Å². The number of hydrogen-bond acceptors (Lipinski definition) is 7. The number of carbonyl (C=O) groups is 2. The van der Waals surface area contributed by atoms with Gasteiger partial charge in [-0.05, 0) is 69.8 Å². The Morgan fingerprint density at radius 1 is 0.974 bits per heavy atom. The van der Waals surface area contributed by atoms with Crippen LogP contribution in [0.5, 0.6) is 5.75 Å². The van der Waals surface area contributed by atoms with Crippen molar-refractivity contribution in [1.29, 1.82) is 0 Å². The summed E-state index contributed by atoms with van der Waals surface area (Å²) < 4.78 is 5.22. The standard InChI is InChI=1S/C28H43N7O3/c1-6-32(7-2)17-18-35(28(37)29-22(3)4)21-27(36)34-16-8-15-33(19-20-34)26-14-13-25(30-31-26)23-9-11-24(38-5)12-10-23/h9-14,22H,6-8,15-21H2,1-5H3,(H,29,37). The van der Waals surface area contributed by atoms with Gasteiger partial charge in [-0.1, -0.05) is 13.8 Å². The van der Waals surface area contributed by atoms with Gasteiger partial charge in [-0.15, -0.1) is 10.2 Å². The summed E-state index contributed by atoms with van der Waals surface area (Å²) in [4.78, 5) is 34.0. The Balaban J connectivity index is 1.59. The van der Waals surface area contributed by atoms with E-state index in [1.54, 1.807) is 12.0 Å². The van der Waals surface area contributed by atoms with Gasteiger partial charge in [-0.25, -0.2) is 4.79 Å². The zero-order chi connectivity index (χ0) is 27.5. The van der Waals surface area contributed by atoms with Gasteiger partial charge >= 0.3 is 6.03 Å². The fraction of sp³-hybridized carbons (Fsp3) is 0.571. The molecule has 1 aromatic heterocycles. The summed E-state index contributed by atoms with van der Waals surface area (Å²) in [5, 5.41) is 11.8. The number of ether oxygens (including phenoxy) is 1. The van der Waals surface area contributed by atoms with Crippen LogP contribution in [0, 0.1) is 0 Å². The second kappa shape index (κ2) is 14.5. The first-order valence-electron chi connectivity index (χ1n) is 13.6. The van der Waals surface area contributed by atoms with Gasteiger partial charge in [0, 0.05) is 50.9 Å². The molecular formula is C28H43N7O3. The molecule has 3 rings (SSSR count). The van der Waals surface area contributed by atoms with Crippen LogP contribution < -0.4 is 15.0 Å². The number of carbonyl (C=O) groups excluding carboxylic acids is 2. The van der Waals surface area contributed by atoms with Crippen LogP contribution in [-0.4, -0.2) is 109 Å². The second-order valence-corrected chi connectivity index (χ2v) is 9.78. The highest BCUT2D eigenvalue weighted by atomic mass is 16.5. The third-order valence-electron chi connectivity index (χ3n) is 6.81. The molecule has 2 aromatic rings. The van der Waals surface area contributed by atoms with E-state index >= 15 is 0 Å². The van der Waals surface area contributed by atoms with Gasteiger partial charge in [-0.3, -0.25) is 4.79 Å². The number of urea groups is 1. The van der Waals surface area contributed by atoms with Crippen LogP contribution in [0.2, 0.25) is 0 Å². The summed E-state index contributed by atoms with van der Waals surface area (Å²) in [6, 6.07) is 11.5. The molecule has 0 bridgehead atoms. The van der Waals surface area contributed by atoms with Crippen molar-refractivity contribution in [3.8, 4) is 17.0 Å². The van der Waals surface area contributed by atoms with E-state index in [1.807, 2.05) is 55.1 Å². The minimum Gasteiger partial charge on any atom is -0.497 e. The van der Waals surface area contributed by atoms with Crippen molar-refractivity contribution in [2.45, 2.75) is 40.2 Å². The lowest BCUT2D eigenvalue weighted by atomic mass is 10.1. The smallest absolute Gasteiger partial charge is 0.318 e. The molecule has 0 atom stereocenters. The number of amides is 3. The average molecular weight is 526 g/mol. The highest BCUT2D eigenvalue weighted by Gasteiger charge is 2.24. The summed E-state index contributed by atoms with van der Waals surface area (Å²) in [7, 11) is 1.65. The quantitative estimate of drug-likeness (QED) is 0.482. The van der Waals surface area contributed by atoms with Gasteiger partial charge in [0.05, 0.1) is 12.8 Å². The number of rotatable bonds is 11. The van der Waals surface area contributed by atoms with Crippen molar-refractivity contribution >= 4 is 17.8 Å². The molecule has 0 radical (unpaired) electrons. The number of nitrogens with one attached hydrogen (secondary N) is 1. The zero-order valence-corrected chi connectivity index (χ0v) is 23.5. The Bertz CT molecular complexity index is 1010. The highest BCUT2D eigenvalue weighted by Crippen LogP contribution is 2.22. The van der Waals surface area contributed by atoms with Gasteiger partial charge in [0.25, 0.3) is 0 Å². The summed E-state index contributed by atoms with van der Waals surface area (Å²) in [5.41, 5.74) is 1.78. The molecule has 2 heterocycles. The highest BCUT2D eigenvalue weighted by molar-refractivity contribution is 5.84. The summed E-state index contributed by atoms with van der Waals surface area (Å²) >= 11 is 0. The van der Waals surface area contributed by atoms with E-state index in [-0.39, 0.29) is 24.5 Å². The summed E-state index contributed by atoms with van der Waals surface area (Å²) in [6.45, 7) is 13.9. The Hall–Kier alpha value is -3.40. The molecule has 1 aromatic carbocycles. The maximum Gasteiger partial charge on any atom is 0.318 e. The molecule has 10 heteroatoms. The lowest BCUT2D eigenvalue weighted by Gasteiger charge is -2.29. The number of anilines is 1. The average Bonchev–Trinajstić information content (AvgIpc) is 3.19. The molecular weight excluding hydrogens is 482 g/mol. The van der Waals surface area contributed by atoms with E-state index in [0.717, 1.165) is 55.4 Å². The minimum absolute atomic E-state index is 0.0116. The topological polar surface area (TPSA) is 94.1 Å². The third-order valence-corrected chi connectivity index (χ3v) is 6.81. The van der Waals surface area contributed by atoms with E-state index < -0.39 is 0 Å². The Labute approximate surface area is 226 Å². The molecule has 0 spiro atoms. The fourth-order valence-electron chi connectivity index (χ4n) is 4.46. The first-order valence-corrected chi connectivity index (χ1v) is 13.6. The molecule has 0 saturated carbocycles. The van der Waals surface area contributed by atoms with Crippen LogP contribution in [0.25, 0.3) is 11.3 Å². The lowest BCUT2D eigenvalue weighted by molar-refractivity contribution is -0.131. The largest absolute Gasteiger partial charge is 0.497 e. The Kier molecular flexibility index (Phi) is 11.1. The van der Waals surface area contributed by atoms with E-state index in [9.17, 15) is 9.59 Å². The molecule has 0 unspecified atom stereocenters. The Morgan fingerprint density at radius 2 is 1.71 bits per heavy atom. The lowest BCUT2D eigenvalue weighted by Crippen LogP contribution is -2.50. The first kappa shape index (κ1) is 29.2. The van der Waals surface area contributed by atoms with Gasteiger partial charge in [-0.2, -0.15) is 0 Å². The molecule has 1 aliphatic rings. The van der Waals surface area contributed by atoms with Crippen molar-refractivity contribution in [2.24, 2.45) is 0 Å². The number of aromatic nitrogens is 2.